The third kappa shape index (κ3) is 3.54. The number of nitrogens with zero attached hydrogens (tertiary/aromatic N) is 3. The summed E-state index contributed by atoms with van der Waals surface area (Å²) < 4.78 is 43.4. The number of benzene rings is 2. The second-order valence-corrected chi connectivity index (χ2v) is 8.53. The fraction of sp³-hybridized carbons (Fsp3) is 0.0526. The molecule has 2 heterocycles. The third-order valence-electron chi connectivity index (χ3n) is 4.01. The quantitative estimate of drug-likeness (QED) is 0.532. The Hall–Kier alpha value is -3.04. The minimum Gasteiger partial charge on any atom is -0.339 e. The van der Waals surface area contributed by atoms with Gasteiger partial charge in [0.1, 0.15) is 10.8 Å². The van der Waals surface area contributed by atoms with Crippen LogP contribution in [0.25, 0.3) is 21.8 Å². The minimum absolute atomic E-state index is 0.0740. The van der Waals surface area contributed by atoms with Crippen molar-refractivity contribution >= 4 is 27.0 Å². The molecule has 0 unspecified atom stereocenters. The first kappa shape index (κ1) is 18.3. The molecule has 142 valence electrons. The molecule has 4 aromatic rings. The molecule has 0 spiro atoms. The van der Waals surface area contributed by atoms with Crippen LogP contribution in [0.1, 0.15) is 0 Å². The van der Waals surface area contributed by atoms with E-state index in [1.54, 1.807) is 59.5 Å². The van der Waals surface area contributed by atoms with E-state index in [0.29, 0.717) is 27.5 Å². The van der Waals surface area contributed by atoms with Crippen LogP contribution >= 0.6 is 11.3 Å². The predicted octanol–water partition coefficient (Wildman–Crippen LogP) is 4.15. The van der Waals surface area contributed by atoms with Crippen LogP contribution in [0.15, 0.2) is 71.5 Å². The summed E-state index contributed by atoms with van der Waals surface area (Å²) in [5, 5.41) is 2.22. The van der Waals surface area contributed by atoms with Crippen molar-refractivity contribution in [2.45, 2.75) is 5.03 Å². The summed E-state index contributed by atoms with van der Waals surface area (Å²) in [6, 6.07) is 13.3. The fourth-order valence-corrected chi connectivity index (χ4v) is 4.59. The van der Waals surface area contributed by atoms with Crippen molar-refractivity contribution in [3.05, 3.63) is 72.3 Å². The van der Waals surface area contributed by atoms with E-state index in [1.165, 1.54) is 29.9 Å². The molecule has 0 fully saturated rings. The predicted molar refractivity (Wildman–Crippen MR) is 107 cm³/mol. The van der Waals surface area contributed by atoms with Crippen molar-refractivity contribution in [2.24, 2.45) is 7.05 Å². The highest BCUT2D eigenvalue weighted by atomic mass is 32.2. The van der Waals surface area contributed by atoms with Gasteiger partial charge < -0.3 is 4.57 Å². The summed E-state index contributed by atoms with van der Waals surface area (Å²) in [5.41, 5.74) is 1.94. The van der Waals surface area contributed by atoms with Gasteiger partial charge in [-0.3, -0.25) is 4.72 Å². The first-order chi connectivity index (χ1) is 13.4. The molecule has 9 heteroatoms. The zero-order valence-electron chi connectivity index (χ0n) is 14.7. The van der Waals surface area contributed by atoms with Gasteiger partial charge in [-0.25, -0.2) is 14.4 Å². The molecule has 0 saturated carbocycles. The maximum Gasteiger partial charge on any atom is 0.280 e. The highest BCUT2D eigenvalue weighted by molar-refractivity contribution is 7.92. The molecule has 0 atom stereocenters. The molecule has 0 aliphatic heterocycles. The summed E-state index contributed by atoms with van der Waals surface area (Å²) in [4.78, 5) is 8.40. The van der Waals surface area contributed by atoms with E-state index in [-0.39, 0.29) is 10.8 Å². The molecule has 0 bridgehead atoms. The largest absolute Gasteiger partial charge is 0.339 e. The second-order valence-electron chi connectivity index (χ2n) is 6.05. The lowest BCUT2D eigenvalue weighted by Gasteiger charge is -2.10. The van der Waals surface area contributed by atoms with E-state index in [9.17, 15) is 12.8 Å². The zero-order valence-corrected chi connectivity index (χ0v) is 16.3. The van der Waals surface area contributed by atoms with Crippen molar-refractivity contribution in [2.75, 3.05) is 4.72 Å². The van der Waals surface area contributed by atoms with Crippen molar-refractivity contribution in [1.29, 1.82) is 0 Å². The number of rotatable bonds is 5. The van der Waals surface area contributed by atoms with Gasteiger partial charge in [0, 0.05) is 29.8 Å². The Labute approximate surface area is 165 Å². The maximum atomic E-state index is 14.0. The number of imidazole rings is 1. The summed E-state index contributed by atoms with van der Waals surface area (Å²) in [5.74, 6) is -0.354. The van der Waals surface area contributed by atoms with Crippen LogP contribution in [-0.2, 0) is 17.1 Å². The number of halogens is 1. The first-order valence-corrected chi connectivity index (χ1v) is 10.6. The van der Waals surface area contributed by atoms with Gasteiger partial charge in [-0.15, -0.1) is 11.3 Å². The summed E-state index contributed by atoms with van der Waals surface area (Å²) in [7, 11) is -2.15. The van der Waals surface area contributed by atoms with Gasteiger partial charge in [0.15, 0.2) is 5.03 Å². The number of aryl methyl sites for hydroxylation is 1. The number of nitrogens with one attached hydrogen (secondary N) is 1. The van der Waals surface area contributed by atoms with Gasteiger partial charge in [0.25, 0.3) is 10.0 Å². The smallest absolute Gasteiger partial charge is 0.280 e. The molecular weight excluding hydrogens is 399 g/mol. The lowest BCUT2D eigenvalue weighted by atomic mass is 10.1. The topological polar surface area (TPSA) is 76.9 Å². The molecule has 1 N–H and O–H groups in total. The first-order valence-electron chi connectivity index (χ1n) is 8.25. The van der Waals surface area contributed by atoms with Gasteiger partial charge in [-0.1, -0.05) is 30.3 Å². The Balaban J connectivity index is 1.70. The normalized spacial score (nSPS) is 11.5. The minimum atomic E-state index is -3.84. The molecule has 6 nitrogen and oxygen atoms in total. The molecule has 0 radical (unpaired) electrons. The number of anilines is 1. The molecule has 0 saturated heterocycles. The fourth-order valence-electron chi connectivity index (χ4n) is 2.68. The van der Waals surface area contributed by atoms with Gasteiger partial charge >= 0.3 is 0 Å². The van der Waals surface area contributed by atoms with Crippen molar-refractivity contribution in [3.8, 4) is 21.8 Å². The molecule has 2 aromatic heterocycles. The van der Waals surface area contributed by atoms with Gasteiger partial charge in [-0.05, 0) is 18.2 Å². The van der Waals surface area contributed by atoms with Crippen LogP contribution in [-0.4, -0.2) is 23.0 Å². The SMILES string of the molecule is Cn1cnc(S(=O)(=O)Nc2ccccc2-c2csc(-c3ccccc3F)n2)c1. The maximum absolute atomic E-state index is 14.0. The second kappa shape index (κ2) is 7.17. The van der Waals surface area contributed by atoms with E-state index in [4.69, 9.17) is 0 Å². The number of para-hydroxylation sites is 1. The number of thiazole rings is 1. The Morgan fingerprint density at radius 1 is 1.07 bits per heavy atom. The van der Waals surface area contributed by atoms with Crippen LogP contribution in [0.5, 0.6) is 0 Å². The summed E-state index contributed by atoms with van der Waals surface area (Å²) in [6.07, 6.45) is 2.84. The standard InChI is InChI=1S/C19H15FN4O2S2/c1-24-10-18(21-12-24)28(25,26)23-16-9-5-3-7-14(16)17-11-27-19(22-17)13-6-2-4-8-15(13)20/h2-12,23H,1H3. The lowest BCUT2D eigenvalue weighted by Crippen LogP contribution is -2.14. The van der Waals surface area contributed by atoms with E-state index in [1.807, 2.05) is 0 Å². The monoisotopic (exact) mass is 414 g/mol. The molecular formula is C19H15FN4O2S2. The summed E-state index contributed by atoms with van der Waals surface area (Å²) in [6.45, 7) is 0. The van der Waals surface area contributed by atoms with E-state index in [0.717, 1.165) is 0 Å². The highest BCUT2D eigenvalue weighted by Gasteiger charge is 2.20. The lowest BCUT2D eigenvalue weighted by molar-refractivity contribution is 0.598. The molecule has 0 aliphatic rings. The van der Waals surface area contributed by atoms with Gasteiger partial charge in [0.05, 0.1) is 17.7 Å². The molecule has 28 heavy (non-hydrogen) atoms. The third-order valence-corrected chi connectivity index (χ3v) is 6.14. The van der Waals surface area contributed by atoms with Crippen molar-refractivity contribution < 1.29 is 12.8 Å². The number of aromatic nitrogens is 3. The average molecular weight is 414 g/mol. The molecule has 0 amide bonds. The van der Waals surface area contributed by atoms with E-state index >= 15 is 0 Å². The molecule has 2 aromatic carbocycles. The molecule has 0 aliphatic carbocycles. The van der Waals surface area contributed by atoms with Crippen LogP contribution in [0.2, 0.25) is 0 Å². The van der Waals surface area contributed by atoms with Crippen molar-refractivity contribution in [3.63, 3.8) is 0 Å². The van der Waals surface area contributed by atoms with E-state index in [2.05, 4.69) is 14.7 Å². The Kier molecular flexibility index (Phi) is 4.70. The average Bonchev–Trinajstić information content (AvgIpc) is 3.32. The van der Waals surface area contributed by atoms with Crippen LogP contribution in [0.3, 0.4) is 0 Å². The van der Waals surface area contributed by atoms with Gasteiger partial charge in [0.2, 0.25) is 0 Å². The van der Waals surface area contributed by atoms with Crippen molar-refractivity contribution in [1.82, 2.24) is 14.5 Å². The summed E-state index contributed by atoms with van der Waals surface area (Å²) >= 11 is 1.29. The van der Waals surface area contributed by atoms with Crippen LogP contribution in [0.4, 0.5) is 10.1 Å². The van der Waals surface area contributed by atoms with E-state index < -0.39 is 10.0 Å². The van der Waals surface area contributed by atoms with Crippen LogP contribution < -0.4 is 4.72 Å². The Bertz CT molecular complexity index is 1250. The highest BCUT2D eigenvalue weighted by Crippen LogP contribution is 2.34. The molecule has 4 rings (SSSR count). The van der Waals surface area contributed by atoms with Crippen LogP contribution in [0, 0.1) is 5.82 Å². The Morgan fingerprint density at radius 3 is 2.50 bits per heavy atom. The van der Waals surface area contributed by atoms with Gasteiger partial charge in [-0.2, -0.15) is 8.42 Å². The number of sulfonamides is 1. The zero-order chi connectivity index (χ0) is 19.7. The Morgan fingerprint density at radius 2 is 1.79 bits per heavy atom. The number of hydrogen-bond donors (Lipinski definition) is 1. The number of hydrogen-bond acceptors (Lipinski definition) is 5.